The van der Waals surface area contributed by atoms with Gasteiger partial charge in [0, 0.05) is 19.1 Å². The van der Waals surface area contributed by atoms with Gasteiger partial charge in [0.25, 0.3) is 0 Å². The quantitative estimate of drug-likeness (QED) is 0.730. The molecule has 0 saturated carbocycles. The van der Waals surface area contributed by atoms with Crippen molar-refractivity contribution < 1.29 is 4.79 Å². The van der Waals surface area contributed by atoms with Crippen LogP contribution in [0.3, 0.4) is 0 Å². The van der Waals surface area contributed by atoms with Crippen LogP contribution in [-0.2, 0) is 4.79 Å². The third-order valence-electron chi connectivity index (χ3n) is 3.26. The normalized spacial score (nSPS) is 18.5. The van der Waals surface area contributed by atoms with Crippen LogP contribution in [0.4, 0.5) is 0 Å². The van der Waals surface area contributed by atoms with Crippen molar-refractivity contribution in [3.8, 4) is 0 Å². The molecule has 1 aliphatic heterocycles. The molecule has 1 rings (SSSR count). The lowest BCUT2D eigenvalue weighted by Gasteiger charge is -2.37. The molecule has 0 bridgehead atoms. The predicted octanol–water partition coefficient (Wildman–Crippen LogP) is 1.71. The van der Waals surface area contributed by atoms with Gasteiger partial charge < -0.3 is 9.80 Å². The predicted molar refractivity (Wildman–Crippen MR) is 66.3 cm³/mol. The summed E-state index contributed by atoms with van der Waals surface area (Å²) in [5, 5.41) is 0.461. The first-order valence-corrected chi connectivity index (χ1v) is 6.92. The molecular formula is C11H21BrN2O. The average Bonchev–Trinajstić information content (AvgIpc) is 2.30. The molecule has 15 heavy (non-hydrogen) atoms. The van der Waals surface area contributed by atoms with E-state index in [0.29, 0.717) is 11.4 Å². The second-order valence-electron chi connectivity index (χ2n) is 3.97. The highest BCUT2D eigenvalue weighted by atomic mass is 79.9. The van der Waals surface area contributed by atoms with E-state index in [0.717, 1.165) is 39.0 Å². The van der Waals surface area contributed by atoms with Crippen molar-refractivity contribution in [2.75, 3.05) is 31.5 Å². The fraction of sp³-hybridized carbons (Fsp3) is 0.909. The highest BCUT2D eigenvalue weighted by Crippen LogP contribution is 2.16. The molecule has 0 unspecified atom stereocenters. The van der Waals surface area contributed by atoms with Gasteiger partial charge in [0.15, 0.2) is 0 Å². The zero-order chi connectivity index (χ0) is 11.3. The van der Waals surface area contributed by atoms with E-state index in [1.165, 1.54) is 0 Å². The Morgan fingerprint density at radius 3 is 2.27 bits per heavy atom. The lowest BCUT2D eigenvalue weighted by atomic mass is 10.0. The van der Waals surface area contributed by atoms with Crippen molar-refractivity contribution in [3.05, 3.63) is 0 Å². The lowest BCUT2D eigenvalue weighted by Crippen LogP contribution is -2.46. The van der Waals surface area contributed by atoms with E-state index in [1.54, 1.807) is 0 Å². The zero-order valence-electron chi connectivity index (χ0n) is 9.71. The minimum Gasteiger partial charge on any atom is -0.342 e. The summed E-state index contributed by atoms with van der Waals surface area (Å²) in [5.41, 5.74) is 0. The molecule has 88 valence electrons. The molecule has 3 nitrogen and oxygen atoms in total. The van der Waals surface area contributed by atoms with Gasteiger partial charge in [0.1, 0.15) is 0 Å². The van der Waals surface area contributed by atoms with Crippen LogP contribution in [0.25, 0.3) is 0 Å². The molecule has 0 N–H and O–H groups in total. The summed E-state index contributed by atoms with van der Waals surface area (Å²) in [7, 11) is 0. The number of carbonyl (C=O) groups is 1. The molecule has 0 radical (unpaired) electrons. The summed E-state index contributed by atoms with van der Waals surface area (Å²) < 4.78 is 0. The van der Waals surface area contributed by atoms with E-state index < -0.39 is 0 Å². The van der Waals surface area contributed by atoms with Crippen molar-refractivity contribution in [1.29, 1.82) is 0 Å². The van der Waals surface area contributed by atoms with Crippen LogP contribution in [0.2, 0.25) is 0 Å². The first kappa shape index (κ1) is 13.0. The van der Waals surface area contributed by atoms with E-state index in [4.69, 9.17) is 0 Å². The molecule has 0 atom stereocenters. The number of likely N-dealkylation sites (tertiary alicyclic amines) is 1. The van der Waals surface area contributed by atoms with Gasteiger partial charge in [-0.3, -0.25) is 4.79 Å². The Bertz CT molecular complexity index is 199. The Morgan fingerprint density at radius 1 is 1.33 bits per heavy atom. The van der Waals surface area contributed by atoms with Crippen LogP contribution in [0, 0.1) is 0 Å². The van der Waals surface area contributed by atoms with Crippen LogP contribution in [0.5, 0.6) is 0 Å². The number of rotatable bonds is 4. The Kier molecular flexibility index (Phi) is 5.61. The van der Waals surface area contributed by atoms with Crippen LogP contribution < -0.4 is 0 Å². The Balaban J connectivity index is 2.38. The number of amides is 1. The van der Waals surface area contributed by atoms with Gasteiger partial charge in [-0.25, -0.2) is 0 Å². The maximum Gasteiger partial charge on any atom is 0.233 e. The minimum atomic E-state index is 0.230. The summed E-state index contributed by atoms with van der Waals surface area (Å²) in [6, 6.07) is 0.680. The molecule has 4 heteroatoms. The number of nitrogens with zero attached hydrogens (tertiary/aromatic N) is 2. The number of halogens is 1. The van der Waals surface area contributed by atoms with Crippen LogP contribution >= 0.6 is 15.9 Å². The third kappa shape index (κ3) is 3.45. The summed E-state index contributed by atoms with van der Waals surface area (Å²) in [6.07, 6.45) is 2.25. The van der Waals surface area contributed by atoms with Crippen LogP contribution in [0.1, 0.15) is 26.7 Å². The van der Waals surface area contributed by atoms with Crippen molar-refractivity contribution >= 4 is 21.8 Å². The SMILES string of the molecule is CCN(CC)C1CCN(C(=O)CBr)CC1. The number of hydrogen-bond donors (Lipinski definition) is 0. The van der Waals surface area contributed by atoms with Gasteiger partial charge >= 0.3 is 0 Å². The lowest BCUT2D eigenvalue weighted by molar-refractivity contribution is -0.129. The molecule has 0 aromatic heterocycles. The Hall–Kier alpha value is -0.0900. The topological polar surface area (TPSA) is 23.6 Å². The van der Waals surface area contributed by atoms with Gasteiger partial charge in [-0.15, -0.1) is 0 Å². The van der Waals surface area contributed by atoms with Gasteiger partial charge in [0.2, 0.25) is 5.91 Å². The number of hydrogen-bond acceptors (Lipinski definition) is 2. The maximum atomic E-state index is 11.4. The van der Waals surface area contributed by atoms with Gasteiger partial charge in [-0.05, 0) is 25.9 Å². The van der Waals surface area contributed by atoms with Crippen molar-refractivity contribution in [2.24, 2.45) is 0 Å². The summed E-state index contributed by atoms with van der Waals surface area (Å²) in [6.45, 7) is 8.50. The first-order chi connectivity index (χ1) is 7.22. The van der Waals surface area contributed by atoms with Crippen molar-refractivity contribution in [3.63, 3.8) is 0 Å². The monoisotopic (exact) mass is 276 g/mol. The Morgan fingerprint density at radius 2 is 1.87 bits per heavy atom. The molecule has 1 aliphatic rings. The fourth-order valence-corrected chi connectivity index (χ4v) is 2.66. The second-order valence-corrected chi connectivity index (χ2v) is 4.53. The smallest absolute Gasteiger partial charge is 0.233 e. The van der Waals surface area contributed by atoms with Crippen LogP contribution in [0.15, 0.2) is 0 Å². The Labute approximate surface area is 101 Å². The molecule has 1 amide bonds. The highest BCUT2D eigenvalue weighted by Gasteiger charge is 2.24. The fourth-order valence-electron chi connectivity index (χ4n) is 2.30. The number of carbonyl (C=O) groups excluding carboxylic acids is 1. The molecular weight excluding hydrogens is 256 g/mol. The van der Waals surface area contributed by atoms with Gasteiger partial charge in [-0.2, -0.15) is 0 Å². The van der Waals surface area contributed by atoms with E-state index in [-0.39, 0.29) is 5.91 Å². The first-order valence-electron chi connectivity index (χ1n) is 5.80. The van der Waals surface area contributed by atoms with E-state index in [9.17, 15) is 4.79 Å². The number of piperidine rings is 1. The molecule has 0 aromatic carbocycles. The molecule has 0 aliphatic carbocycles. The third-order valence-corrected chi connectivity index (χ3v) is 3.74. The van der Waals surface area contributed by atoms with Gasteiger partial charge in [-0.1, -0.05) is 29.8 Å². The molecule has 1 saturated heterocycles. The summed E-state index contributed by atoms with van der Waals surface area (Å²) in [4.78, 5) is 15.9. The summed E-state index contributed by atoms with van der Waals surface area (Å²) in [5.74, 6) is 0.230. The van der Waals surface area contributed by atoms with Gasteiger partial charge in [0.05, 0.1) is 5.33 Å². The standard InChI is InChI=1S/C11H21BrN2O/c1-3-13(4-2)10-5-7-14(8-6-10)11(15)9-12/h10H,3-9H2,1-2H3. The molecule has 1 fully saturated rings. The van der Waals surface area contributed by atoms with Crippen LogP contribution in [-0.4, -0.2) is 53.3 Å². The van der Waals surface area contributed by atoms with Crippen molar-refractivity contribution in [2.45, 2.75) is 32.7 Å². The zero-order valence-corrected chi connectivity index (χ0v) is 11.3. The maximum absolute atomic E-state index is 11.4. The van der Waals surface area contributed by atoms with E-state index >= 15 is 0 Å². The number of alkyl halides is 1. The minimum absolute atomic E-state index is 0.230. The largest absolute Gasteiger partial charge is 0.342 e. The second kappa shape index (κ2) is 6.48. The molecule has 0 spiro atoms. The summed E-state index contributed by atoms with van der Waals surface area (Å²) >= 11 is 3.22. The molecule has 1 heterocycles. The highest BCUT2D eigenvalue weighted by molar-refractivity contribution is 9.09. The average molecular weight is 277 g/mol. The van der Waals surface area contributed by atoms with E-state index in [1.807, 2.05) is 4.90 Å². The molecule has 0 aromatic rings. The van der Waals surface area contributed by atoms with E-state index in [2.05, 4.69) is 34.7 Å². The van der Waals surface area contributed by atoms with Crippen molar-refractivity contribution in [1.82, 2.24) is 9.80 Å².